The lowest BCUT2D eigenvalue weighted by Gasteiger charge is -2.20. The van der Waals surface area contributed by atoms with Crippen molar-refractivity contribution in [2.24, 2.45) is 0 Å². The van der Waals surface area contributed by atoms with Crippen molar-refractivity contribution >= 4 is 17.0 Å². The van der Waals surface area contributed by atoms with Crippen LogP contribution in [0.15, 0.2) is 24.3 Å². The molecule has 2 aromatic rings. The van der Waals surface area contributed by atoms with Crippen LogP contribution in [0.5, 0.6) is 0 Å². The SMILES string of the molecule is CN1CCc2nc(-c3cccc(N)c3)sc2C1. The van der Waals surface area contributed by atoms with Gasteiger partial charge in [-0.3, -0.25) is 0 Å². The van der Waals surface area contributed by atoms with E-state index in [-0.39, 0.29) is 0 Å². The van der Waals surface area contributed by atoms with Crippen molar-refractivity contribution in [2.45, 2.75) is 13.0 Å². The normalized spacial score (nSPS) is 15.8. The second kappa shape index (κ2) is 4.13. The fourth-order valence-electron chi connectivity index (χ4n) is 2.12. The van der Waals surface area contributed by atoms with Gasteiger partial charge >= 0.3 is 0 Å². The van der Waals surface area contributed by atoms with E-state index in [0.717, 1.165) is 35.8 Å². The number of thiazole rings is 1. The zero-order valence-corrected chi connectivity index (χ0v) is 10.6. The summed E-state index contributed by atoms with van der Waals surface area (Å²) in [5, 5.41) is 1.10. The summed E-state index contributed by atoms with van der Waals surface area (Å²) in [5.41, 5.74) is 9.01. The van der Waals surface area contributed by atoms with Gasteiger partial charge in [0.1, 0.15) is 5.01 Å². The molecule has 1 aliphatic rings. The summed E-state index contributed by atoms with van der Waals surface area (Å²) in [4.78, 5) is 8.47. The van der Waals surface area contributed by atoms with E-state index < -0.39 is 0 Å². The number of nitrogen functional groups attached to an aromatic ring is 1. The number of likely N-dealkylation sites (N-methyl/N-ethyl adjacent to an activating group) is 1. The molecule has 1 aromatic carbocycles. The van der Waals surface area contributed by atoms with Crippen LogP contribution in [0.4, 0.5) is 5.69 Å². The molecule has 0 atom stereocenters. The van der Waals surface area contributed by atoms with Gasteiger partial charge in [-0.2, -0.15) is 0 Å². The summed E-state index contributed by atoms with van der Waals surface area (Å²) in [6.07, 6.45) is 1.06. The molecule has 3 nitrogen and oxygen atoms in total. The Bertz CT molecular complexity index is 547. The number of nitrogens with two attached hydrogens (primary N) is 1. The molecule has 1 aromatic heterocycles. The Morgan fingerprint density at radius 2 is 2.29 bits per heavy atom. The van der Waals surface area contributed by atoms with Crippen LogP contribution in [0.2, 0.25) is 0 Å². The zero-order valence-electron chi connectivity index (χ0n) is 9.81. The molecule has 4 heteroatoms. The minimum absolute atomic E-state index is 0.799. The Labute approximate surface area is 105 Å². The Hall–Kier alpha value is -1.39. The van der Waals surface area contributed by atoms with Gasteiger partial charge in [0, 0.05) is 35.6 Å². The van der Waals surface area contributed by atoms with Crippen molar-refractivity contribution < 1.29 is 0 Å². The van der Waals surface area contributed by atoms with Gasteiger partial charge in [-0.15, -0.1) is 11.3 Å². The fourth-order valence-corrected chi connectivity index (χ4v) is 3.30. The van der Waals surface area contributed by atoms with E-state index in [1.54, 1.807) is 11.3 Å². The van der Waals surface area contributed by atoms with Crippen LogP contribution in [0.3, 0.4) is 0 Å². The summed E-state index contributed by atoms with van der Waals surface area (Å²) in [6, 6.07) is 7.96. The predicted molar refractivity (Wildman–Crippen MR) is 72.0 cm³/mol. The van der Waals surface area contributed by atoms with E-state index in [4.69, 9.17) is 10.7 Å². The number of nitrogens with zero attached hydrogens (tertiary/aromatic N) is 2. The first-order valence-electron chi connectivity index (χ1n) is 5.75. The van der Waals surface area contributed by atoms with Crippen molar-refractivity contribution in [1.29, 1.82) is 0 Å². The summed E-state index contributed by atoms with van der Waals surface area (Å²) in [6.45, 7) is 2.13. The molecule has 17 heavy (non-hydrogen) atoms. The molecular formula is C13H15N3S. The smallest absolute Gasteiger partial charge is 0.123 e. The lowest BCUT2D eigenvalue weighted by Crippen LogP contribution is -2.25. The highest BCUT2D eigenvalue weighted by molar-refractivity contribution is 7.15. The topological polar surface area (TPSA) is 42.2 Å². The van der Waals surface area contributed by atoms with Crippen molar-refractivity contribution in [3.8, 4) is 10.6 Å². The molecule has 2 heterocycles. The van der Waals surface area contributed by atoms with Crippen LogP contribution in [-0.2, 0) is 13.0 Å². The molecule has 3 rings (SSSR count). The predicted octanol–water partition coefficient (Wildman–Crippen LogP) is 2.38. The number of hydrogen-bond donors (Lipinski definition) is 1. The van der Waals surface area contributed by atoms with Gasteiger partial charge in [0.15, 0.2) is 0 Å². The Kier molecular flexibility index (Phi) is 2.61. The summed E-state index contributed by atoms with van der Waals surface area (Å²) < 4.78 is 0. The second-order valence-corrected chi connectivity index (χ2v) is 5.59. The highest BCUT2D eigenvalue weighted by Gasteiger charge is 2.18. The Morgan fingerprint density at radius 3 is 3.12 bits per heavy atom. The standard InChI is InChI=1S/C13H15N3S/c1-16-6-5-11-12(8-16)17-13(15-11)9-3-2-4-10(14)7-9/h2-4,7H,5-6,8,14H2,1H3. The van der Waals surface area contributed by atoms with Crippen LogP contribution in [-0.4, -0.2) is 23.5 Å². The van der Waals surface area contributed by atoms with Crippen LogP contribution >= 0.6 is 11.3 Å². The Morgan fingerprint density at radius 1 is 1.41 bits per heavy atom. The van der Waals surface area contributed by atoms with E-state index in [2.05, 4.69) is 18.0 Å². The molecule has 0 fully saturated rings. The largest absolute Gasteiger partial charge is 0.399 e. The maximum absolute atomic E-state index is 5.81. The average molecular weight is 245 g/mol. The van der Waals surface area contributed by atoms with Gasteiger partial charge in [0.2, 0.25) is 0 Å². The lowest BCUT2D eigenvalue weighted by atomic mass is 10.2. The van der Waals surface area contributed by atoms with E-state index >= 15 is 0 Å². The third kappa shape index (κ3) is 2.06. The van der Waals surface area contributed by atoms with Gasteiger partial charge in [-0.1, -0.05) is 12.1 Å². The number of hydrogen-bond acceptors (Lipinski definition) is 4. The number of anilines is 1. The molecular weight excluding hydrogens is 230 g/mol. The first-order chi connectivity index (χ1) is 8.22. The molecule has 0 amide bonds. The number of benzene rings is 1. The van der Waals surface area contributed by atoms with Crippen molar-refractivity contribution in [1.82, 2.24) is 9.88 Å². The first-order valence-corrected chi connectivity index (χ1v) is 6.57. The third-order valence-electron chi connectivity index (χ3n) is 3.06. The van der Waals surface area contributed by atoms with Gasteiger partial charge in [-0.25, -0.2) is 4.98 Å². The molecule has 0 saturated heterocycles. The van der Waals surface area contributed by atoms with Gasteiger partial charge < -0.3 is 10.6 Å². The van der Waals surface area contributed by atoms with Gasteiger partial charge in [-0.05, 0) is 19.2 Å². The number of rotatable bonds is 1. The molecule has 0 spiro atoms. The van der Waals surface area contributed by atoms with Crippen molar-refractivity contribution in [2.75, 3.05) is 19.3 Å². The van der Waals surface area contributed by atoms with Crippen LogP contribution in [0.1, 0.15) is 10.6 Å². The van der Waals surface area contributed by atoms with Crippen molar-refractivity contribution in [3.05, 3.63) is 34.8 Å². The fraction of sp³-hybridized carbons (Fsp3) is 0.308. The number of aromatic nitrogens is 1. The average Bonchev–Trinajstić information content (AvgIpc) is 2.72. The lowest BCUT2D eigenvalue weighted by molar-refractivity contribution is 0.314. The Balaban J connectivity index is 2.00. The molecule has 0 unspecified atom stereocenters. The van der Waals surface area contributed by atoms with Crippen LogP contribution in [0, 0.1) is 0 Å². The minimum atomic E-state index is 0.799. The maximum atomic E-state index is 5.81. The van der Waals surface area contributed by atoms with Crippen LogP contribution in [0.25, 0.3) is 10.6 Å². The summed E-state index contributed by atoms with van der Waals surface area (Å²) in [5.74, 6) is 0. The van der Waals surface area contributed by atoms with Gasteiger partial charge in [0.25, 0.3) is 0 Å². The number of fused-ring (bicyclic) bond motifs is 1. The highest BCUT2D eigenvalue weighted by Crippen LogP contribution is 2.31. The monoisotopic (exact) mass is 245 g/mol. The minimum Gasteiger partial charge on any atom is -0.399 e. The molecule has 0 aliphatic carbocycles. The molecule has 0 bridgehead atoms. The van der Waals surface area contributed by atoms with Gasteiger partial charge in [0.05, 0.1) is 5.69 Å². The molecule has 0 radical (unpaired) electrons. The quantitative estimate of drug-likeness (QED) is 0.784. The molecule has 0 saturated carbocycles. The highest BCUT2D eigenvalue weighted by atomic mass is 32.1. The first kappa shape index (κ1) is 10.7. The van der Waals surface area contributed by atoms with E-state index in [9.17, 15) is 0 Å². The second-order valence-electron chi connectivity index (χ2n) is 4.50. The van der Waals surface area contributed by atoms with E-state index in [1.165, 1.54) is 10.6 Å². The summed E-state index contributed by atoms with van der Waals surface area (Å²) >= 11 is 1.79. The molecule has 88 valence electrons. The zero-order chi connectivity index (χ0) is 11.8. The van der Waals surface area contributed by atoms with E-state index in [1.807, 2.05) is 18.2 Å². The summed E-state index contributed by atoms with van der Waals surface area (Å²) in [7, 11) is 2.16. The van der Waals surface area contributed by atoms with Crippen LogP contribution < -0.4 is 5.73 Å². The van der Waals surface area contributed by atoms with E-state index in [0.29, 0.717) is 0 Å². The third-order valence-corrected chi connectivity index (χ3v) is 4.19. The molecule has 1 aliphatic heterocycles. The van der Waals surface area contributed by atoms with Crippen molar-refractivity contribution in [3.63, 3.8) is 0 Å². The maximum Gasteiger partial charge on any atom is 0.123 e. The molecule has 2 N–H and O–H groups in total.